The van der Waals surface area contributed by atoms with E-state index in [0.29, 0.717) is 17.9 Å². The SMILES string of the molecule is Cc1cc(NCc2cccc(OCC(F)F)c2)ccc1[N+](=O)[O-]. The summed E-state index contributed by atoms with van der Waals surface area (Å²) >= 11 is 0. The molecule has 0 radical (unpaired) electrons. The Hall–Kier alpha value is -2.70. The Labute approximate surface area is 132 Å². The molecule has 0 spiro atoms. The molecular formula is C16H16F2N2O3. The Morgan fingerprint density at radius 2 is 2.04 bits per heavy atom. The number of benzene rings is 2. The Balaban J connectivity index is 1.99. The molecule has 0 saturated heterocycles. The number of nitrogens with zero attached hydrogens (tertiary/aromatic N) is 1. The van der Waals surface area contributed by atoms with Gasteiger partial charge in [0.15, 0.2) is 0 Å². The number of anilines is 1. The molecule has 2 rings (SSSR count). The van der Waals surface area contributed by atoms with E-state index in [0.717, 1.165) is 11.3 Å². The molecule has 122 valence electrons. The molecule has 5 nitrogen and oxygen atoms in total. The van der Waals surface area contributed by atoms with Gasteiger partial charge in [-0.25, -0.2) is 8.78 Å². The molecule has 0 bridgehead atoms. The van der Waals surface area contributed by atoms with E-state index in [-0.39, 0.29) is 5.69 Å². The van der Waals surface area contributed by atoms with Gasteiger partial charge in [-0.1, -0.05) is 12.1 Å². The van der Waals surface area contributed by atoms with E-state index in [4.69, 9.17) is 4.74 Å². The minimum atomic E-state index is -2.51. The third-order valence-corrected chi connectivity index (χ3v) is 3.16. The molecule has 0 atom stereocenters. The molecule has 0 saturated carbocycles. The van der Waals surface area contributed by atoms with Gasteiger partial charge in [-0.05, 0) is 36.8 Å². The first-order valence-electron chi connectivity index (χ1n) is 6.94. The fraction of sp³-hybridized carbons (Fsp3) is 0.250. The highest BCUT2D eigenvalue weighted by Gasteiger charge is 2.10. The van der Waals surface area contributed by atoms with E-state index in [9.17, 15) is 18.9 Å². The lowest BCUT2D eigenvalue weighted by Crippen LogP contribution is -2.07. The van der Waals surface area contributed by atoms with Crippen LogP contribution in [0.3, 0.4) is 0 Å². The maximum atomic E-state index is 12.1. The number of hydrogen-bond donors (Lipinski definition) is 1. The van der Waals surface area contributed by atoms with Crippen molar-refractivity contribution in [1.29, 1.82) is 0 Å². The predicted octanol–water partition coefficient (Wildman–Crippen LogP) is 4.16. The Morgan fingerprint density at radius 3 is 2.70 bits per heavy atom. The quantitative estimate of drug-likeness (QED) is 0.614. The molecule has 1 N–H and O–H groups in total. The van der Waals surface area contributed by atoms with Crippen LogP contribution in [0.4, 0.5) is 20.2 Å². The number of aryl methyl sites for hydroxylation is 1. The average Bonchev–Trinajstić information content (AvgIpc) is 2.51. The fourth-order valence-electron chi connectivity index (χ4n) is 2.08. The van der Waals surface area contributed by atoms with Gasteiger partial charge in [0.25, 0.3) is 12.1 Å². The molecule has 2 aromatic carbocycles. The van der Waals surface area contributed by atoms with Crippen LogP contribution in [-0.2, 0) is 6.54 Å². The lowest BCUT2D eigenvalue weighted by Gasteiger charge is -2.10. The number of ether oxygens (including phenoxy) is 1. The van der Waals surface area contributed by atoms with Crippen molar-refractivity contribution in [3.63, 3.8) is 0 Å². The van der Waals surface area contributed by atoms with Crippen LogP contribution in [0.1, 0.15) is 11.1 Å². The van der Waals surface area contributed by atoms with E-state index in [1.165, 1.54) is 6.07 Å². The molecular weight excluding hydrogens is 306 g/mol. The summed E-state index contributed by atoms with van der Waals surface area (Å²) in [6.07, 6.45) is -2.51. The second kappa shape index (κ2) is 7.53. The van der Waals surface area contributed by atoms with Gasteiger partial charge in [0, 0.05) is 23.9 Å². The summed E-state index contributed by atoms with van der Waals surface area (Å²) in [5, 5.41) is 13.9. The molecule has 7 heteroatoms. The van der Waals surface area contributed by atoms with Crippen LogP contribution in [0, 0.1) is 17.0 Å². The van der Waals surface area contributed by atoms with Crippen molar-refractivity contribution in [1.82, 2.24) is 0 Å². The Kier molecular flexibility index (Phi) is 5.46. The summed E-state index contributed by atoms with van der Waals surface area (Å²) in [6.45, 7) is 1.48. The van der Waals surface area contributed by atoms with Crippen molar-refractivity contribution in [2.45, 2.75) is 19.9 Å². The van der Waals surface area contributed by atoms with Gasteiger partial charge in [-0.3, -0.25) is 10.1 Å². The van der Waals surface area contributed by atoms with Crippen LogP contribution >= 0.6 is 0 Å². The first-order chi connectivity index (χ1) is 11.0. The van der Waals surface area contributed by atoms with Crippen molar-refractivity contribution >= 4 is 11.4 Å². The minimum absolute atomic E-state index is 0.0675. The summed E-state index contributed by atoms with van der Waals surface area (Å²) in [5.41, 5.74) is 2.23. The number of rotatable bonds is 7. The molecule has 23 heavy (non-hydrogen) atoms. The number of halogens is 2. The Morgan fingerprint density at radius 1 is 1.26 bits per heavy atom. The second-order valence-corrected chi connectivity index (χ2v) is 4.96. The standard InChI is InChI=1S/C16H16F2N2O3/c1-11-7-13(5-6-15(11)20(21)22)19-9-12-3-2-4-14(8-12)23-10-16(17)18/h2-8,16,19H,9-10H2,1H3. The molecule has 0 amide bonds. The highest BCUT2D eigenvalue weighted by Crippen LogP contribution is 2.22. The van der Waals surface area contributed by atoms with Gasteiger partial charge in [-0.2, -0.15) is 0 Å². The van der Waals surface area contributed by atoms with Crippen LogP contribution in [0.15, 0.2) is 42.5 Å². The number of hydrogen-bond acceptors (Lipinski definition) is 4. The van der Waals surface area contributed by atoms with Gasteiger partial charge >= 0.3 is 0 Å². The number of nitrogens with one attached hydrogen (secondary N) is 1. The normalized spacial score (nSPS) is 10.6. The van der Waals surface area contributed by atoms with Crippen molar-refractivity contribution in [2.75, 3.05) is 11.9 Å². The van der Waals surface area contributed by atoms with Crippen LogP contribution in [0.5, 0.6) is 5.75 Å². The zero-order valence-corrected chi connectivity index (χ0v) is 12.5. The fourth-order valence-corrected chi connectivity index (χ4v) is 2.08. The van der Waals surface area contributed by atoms with Crippen molar-refractivity contribution < 1.29 is 18.4 Å². The second-order valence-electron chi connectivity index (χ2n) is 4.96. The van der Waals surface area contributed by atoms with Crippen LogP contribution in [0.25, 0.3) is 0 Å². The largest absolute Gasteiger partial charge is 0.488 e. The summed E-state index contributed by atoms with van der Waals surface area (Å²) in [6, 6.07) is 11.6. The van der Waals surface area contributed by atoms with Gasteiger partial charge in [0.2, 0.25) is 0 Å². The maximum absolute atomic E-state index is 12.1. The minimum Gasteiger partial charge on any atom is -0.488 e. The summed E-state index contributed by atoms with van der Waals surface area (Å²) in [7, 11) is 0. The summed E-state index contributed by atoms with van der Waals surface area (Å²) in [5.74, 6) is 0.379. The van der Waals surface area contributed by atoms with Crippen LogP contribution < -0.4 is 10.1 Å². The summed E-state index contributed by atoms with van der Waals surface area (Å²) < 4.78 is 29.2. The zero-order chi connectivity index (χ0) is 16.8. The van der Waals surface area contributed by atoms with E-state index in [1.807, 2.05) is 6.07 Å². The number of nitro benzene ring substituents is 1. The molecule has 0 heterocycles. The van der Waals surface area contributed by atoms with Crippen molar-refractivity contribution in [2.24, 2.45) is 0 Å². The molecule has 0 unspecified atom stereocenters. The van der Waals surface area contributed by atoms with Gasteiger partial charge in [0.1, 0.15) is 12.4 Å². The van der Waals surface area contributed by atoms with E-state index >= 15 is 0 Å². The lowest BCUT2D eigenvalue weighted by molar-refractivity contribution is -0.385. The van der Waals surface area contributed by atoms with Gasteiger partial charge in [0.05, 0.1) is 4.92 Å². The van der Waals surface area contributed by atoms with Crippen molar-refractivity contribution in [3.05, 3.63) is 63.7 Å². The van der Waals surface area contributed by atoms with E-state index < -0.39 is 18.0 Å². The van der Waals surface area contributed by atoms with Gasteiger partial charge < -0.3 is 10.1 Å². The average molecular weight is 322 g/mol. The van der Waals surface area contributed by atoms with Crippen LogP contribution in [0.2, 0.25) is 0 Å². The smallest absolute Gasteiger partial charge is 0.272 e. The predicted molar refractivity (Wildman–Crippen MR) is 83.1 cm³/mol. The van der Waals surface area contributed by atoms with Crippen LogP contribution in [-0.4, -0.2) is 18.0 Å². The number of nitro groups is 1. The molecule has 0 aliphatic carbocycles. The highest BCUT2D eigenvalue weighted by molar-refractivity contribution is 5.53. The molecule has 0 fully saturated rings. The molecule has 0 aromatic heterocycles. The molecule has 0 aliphatic heterocycles. The lowest BCUT2D eigenvalue weighted by atomic mass is 10.1. The Bertz CT molecular complexity index is 693. The van der Waals surface area contributed by atoms with Crippen molar-refractivity contribution in [3.8, 4) is 5.75 Å². The maximum Gasteiger partial charge on any atom is 0.272 e. The topological polar surface area (TPSA) is 64.4 Å². The summed E-state index contributed by atoms with van der Waals surface area (Å²) in [4.78, 5) is 10.3. The highest BCUT2D eigenvalue weighted by atomic mass is 19.3. The first kappa shape index (κ1) is 16.7. The molecule has 0 aliphatic rings. The van der Waals surface area contributed by atoms with E-state index in [1.54, 1.807) is 37.3 Å². The third kappa shape index (κ3) is 4.91. The number of alkyl halides is 2. The van der Waals surface area contributed by atoms with E-state index in [2.05, 4.69) is 5.32 Å². The van der Waals surface area contributed by atoms with Gasteiger partial charge in [-0.15, -0.1) is 0 Å². The molecule has 2 aromatic rings. The zero-order valence-electron chi connectivity index (χ0n) is 12.5. The monoisotopic (exact) mass is 322 g/mol. The third-order valence-electron chi connectivity index (χ3n) is 3.16. The first-order valence-corrected chi connectivity index (χ1v) is 6.94.